The Labute approximate surface area is 114 Å². The minimum absolute atomic E-state index is 0.373. The Kier molecular flexibility index (Phi) is 4.37. The Morgan fingerprint density at radius 1 is 1.35 bits per heavy atom. The Morgan fingerprint density at radius 3 is 2.82 bits per heavy atom. The van der Waals surface area contributed by atoms with Gasteiger partial charge in [0.05, 0.1) is 6.10 Å². The van der Waals surface area contributed by atoms with E-state index in [-0.39, 0.29) is 6.10 Å². The summed E-state index contributed by atoms with van der Waals surface area (Å²) in [4.78, 5) is 0. The van der Waals surface area contributed by atoms with Crippen molar-refractivity contribution in [1.29, 1.82) is 0 Å². The number of rotatable bonds is 4. The highest BCUT2D eigenvalue weighted by molar-refractivity contribution is 9.10. The van der Waals surface area contributed by atoms with Crippen molar-refractivity contribution < 1.29 is 5.11 Å². The maximum absolute atomic E-state index is 10.1. The Bertz CT molecular complexity index is 479. The molecule has 1 atom stereocenters. The average molecular weight is 311 g/mol. The third-order valence-electron chi connectivity index (χ3n) is 2.85. The van der Waals surface area contributed by atoms with Gasteiger partial charge in [-0.1, -0.05) is 28.1 Å². The maximum atomic E-state index is 10.1. The second kappa shape index (κ2) is 5.80. The molecular formula is C14H15BrOS. The van der Waals surface area contributed by atoms with Gasteiger partial charge in [-0.2, -0.15) is 11.3 Å². The van der Waals surface area contributed by atoms with Gasteiger partial charge in [-0.25, -0.2) is 0 Å². The summed E-state index contributed by atoms with van der Waals surface area (Å²) in [5, 5.41) is 14.3. The number of benzene rings is 1. The molecule has 0 aliphatic carbocycles. The van der Waals surface area contributed by atoms with Gasteiger partial charge in [-0.15, -0.1) is 0 Å². The highest BCUT2D eigenvalue weighted by Crippen LogP contribution is 2.24. The van der Waals surface area contributed by atoms with Gasteiger partial charge < -0.3 is 5.11 Å². The first-order chi connectivity index (χ1) is 8.16. The molecule has 0 fully saturated rings. The van der Waals surface area contributed by atoms with E-state index in [4.69, 9.17) is 0 Å². The van der Waals surface area contributed by atoms with Gasteiger partial charge in [0.15, 0.2) is 0 Å². The van der Waals surface area contributed by atoms with Crippen LogP contribution in [0.3, 0.4) is 0 Å². The second-order valence-electron chi connectivity index (χ2n) is 4.19. The van der Waals surface area contributed by atoms with E-state index in [0.717, 1.165) is 28.4 Å². The van der Waals surface area contributed by atoms with Crippen molar-refractivity contribution in [3.63, 3.8) is 0 Å². The lowest BCUT2D eigenvalue weighted by Gasteiger charge is -2.11. The van der Waals surface area contributed by atoms with Crippen LogP contribution in [0, 0.1) is 6.92 Å². The maximum Gasteiger partial charge on any atom is 0.0793 e. The summed E-state index contributed by atoms with van der Waals surface area (Å²) in [5.74, 6) is 0. The lowest BCUT2D eigenvalue weighted by molar-refractivity contribution is 0.168. The van der Waals surface area contributed by atoms with E-state index in [9.17, 15) is 5.11 Å². The van der Waals surface area contributed by atoms with Gasteiger partial charge in [0, 0.05) is 4.47 Å². The summed E-state index contributed by atoms with van der Waals surface area (Å²) in [5.41, 5.74) is 3.47. The fourth-order valence-corrected chi connectivity index (χ4v) is 2.73. The topological polar surface area (TPSA) is 20.2 Å². The Morgan fingerprint density at radius 2 is 2.18 bits per heavy atom. The standard InChI is InChI=1S/C14H15BrOS/c1-10-8-12(3-4-13(10)15)14(16)5-2-11-6-7-17-9-11/h3-4,6-9,14,16H,2,5H2,1H3. The van der Waals surface area contributed by atoms with E-state index in [1.165, 1.54) is 5.56 Å². The van der Waals surface area contributed by atoms with E-state index >= 15 is 0 Å². The summed E-state index contributed by atoms with van der Waals surface area (Å²) in [7, 11) is 0. The van der Waals surface area contributed by atoms with Gasteiger partial charge in [-0.05, 0) is 59.3 Å². The van der Waals surface area contributed by atoms with E-state index in [1.54, 1.807) is 11.3 Å². The summed E-state index contributed by atoms with van der Waals surface area (Å²) in [6.07, 6.45) is 1.33. The monoisotopic (exact) mass is 310 g/mol. The molecule has 0 radical (unpaired) electrons. The molecular weight excluding hydrogens is 296 g/mol. The number of aliphatic hydroxyl groups is 1. The highest BCUT2D eigenvalue weighted by atomic mass is 79.9. The van der Waals surface area contributed by atoms with Crippen LogP contribution in [0.4, 0.5) is 0 Å². The lowest BCUT2D eigenvalue weighted by atomic mass is 10.0. The van der Waals surface area contributed by atoms with Crippen LogP contribution in [0.25, 0.3) is 0 Å². The molecule has 90 valence electrons. The first-order valence-electron chi connectivity index (χ1n) is 5.62. The van der Waals surface area contributed by atoms with Crippen molar-refractivity contribution in [3.8, 4) is 0 Å². The number of hydrogen-bond acceptors (Lipinski definition) is 2. The largest absolute Gasteiger partial charge is 0.388 e. The molecule has 1 heterocycles. The quantitative estimate of drug-likeness (QED) is 0.882. The Balaban J connectivity index is 1.99. The summed E-state index contributed by atoms with van der Waals surface area (Å²) < 4.78 is 1.09. The zero-order valence-electron chi connectivity index (χ0n) is 9.69. The molecule has 1 nitrogen and oxygen atoms in total. The SMILES string of the molecule is Cc1cc(C(O)CCc2ccsc2)ccc1Br. The van der Waals surface area contributed by atoms with E-state index in [0.29, 0.717) is 0 Å². The van der Waals surface area contributed by atoms with Crippen LogP contribution < -0.4 is 0 Å². The zero-order chi connectivity index (χ0) is 12.3. The predicted molar refractivity (Wildman–Crippen MR) is 76.5 cm³/mol. The van der Waals surface area contributed by atoms with Crippen molar-refractivity contribution >= 4 is 27.3 Å². The average Bonchev–Trinajstić information content (AvgIpc) is 2.82. The number of halogens is 1. The van der Waals surface area contributed by atoms with E-state index < -0.39 is 0 Å². The van der Waals surface area contributed by atoms with Crippen molar-refractivity contribution in [3.05, 3.63) is 56.2 Å². The fraction of sp³-hybridized carbons (Fsp3) is 0.286. The van der Waals surface area contributed by atoms with Crippen molar-refractivity contribution in [2.24, 2.45) is 0 Å². The minimum Gasteiger partial charge on any atom is -0.388 e. The molecule has 0 spiro atoms. The molecule has 1 aromatic carbocycles. The third kappa shape index (κ3) is 3.41. The molecule has 3 heteroatoms. The van der Waals surface area contributed by atoms with Crippen LogP contribution in [0.15, 0.2) is 39.5 Å². The molecule has 0 aliphatic heterocycles. The van der Waals surface area contributed by atoms with Gasteiger partial charge in [0.1, 0.15) is 0 Å². The number of aliphatic hydroxyl groups excluding tert-OH is 1. The van der Waals surface area contributed by atoms with E-state index in [1.807, 2.05) is 25.1 Å². The van der Waals surface area contributed by atoms with Crippen LogP contribution in [-0.4, -0.2) is 5.11 Å². The molecule has 0 saturated heterocycles. The van der Waals surface area contributed by atoms with Crippen LogP contribution in [0.1, 0.15) is 29.2 Å². The summed E-state index contributed by atoms with van der Waals surface area (Å²) >= 11 is 5.17. The first kappa shape index (κ1) is 12.8. The molecule has 1 unspecified atom stereocenters. The lowest BCUT2D eigenvalue weighted by Crippen LogP contribution is -1.99. The van der Waals surface area contributed by atoms with Gasteiger partial charge in [-0.3, -0.25) is 0 Å². The molecule has 0 amide bonds. The van der Waals surface area contributed by atoms with Gasteiger partial charge in [0.25, 0.3) is 0 Å². The molecule has 2 aromatic rings. The van der Waals surface area contributed by atoms with Crippen molar-refractivity contribution in [2.45, 2.75) is 25.9 Å². The van der Waals surface area contributed by atoms with Crippen molar-refractivity contribution in [1.82, 2.24) is 0 Å². The van der Waals surface area contributed by atoms with Gasteiger partial charge >= 0.3 is 0 Å². The number of thiophene rings is 1. The van der Waals surface area contributed by atoms with E-state index in [2.05, 4.69) is 32.8 Å². The molecule has 0 saturated carbocycles. The predicted octanol–water partition coefficient (Wildman–Crippen LogP) is 4.49. The molecule has 0 bridgehead atoms. The summed E-state index contributed by atoms with van der Waals surface area (Å²) in [6.45, 7) is 2.04. The normalized spacial score (nSPS) is 12.6. The molecule has 0 aliphatic rings. The van der Waals surface area contributed by atoms with Gasteiger partial charge in [0.2, 0.25) is 0 Å². The smallest absolute Gasteiger partial charge is 0.0793 e. The van der Waals surface area contributed by atoms with Crippen LogP contribution in [0.5, 0.6) is 0 Å². The Hall–Kier alpha value is -0.640. The van der Waals surface area contributed by atoms with Crippen LogP contribution in [-0.2, 0) is 6.42 Å². The zero-order valence-corrected chi connectivity index (χ0v) is 12.1. The number of aryl methyl sites for hydroxylation is 2. The molecule has 2 rings (SSSR count). The molecule has 17 heavy (non-hydrogen) atoms. The second-order valence-corrected chi connectivity index (χ2v) is 5.83. The minimum atomic E-state index is -0.373. The van der Waals surface area contributed by atoms with Crippen LogP contribution >= 0.6 is 27.3 Å². The molecule has 1 aromatic heterocycles. The highest BCUT2D eigenvalue weighted by Gasteiger charge is 2.09. The third-order valence-corrected chi connectivity index (χ3v) is 4.48. The molecule has 1 N–H and O–H groups in total. The fourth-order valence-electron chi connectivity index (χ4n) is 1.78. The first-order valence-corrected chi connectivity index (χ1v) is 7.35. The number of hydrogen-bond donors (Lipinski definition) is 1. The van der Waals surface area contributed by atoms with Crippen molar-refractivity contribution in [2.75, 3.05) is 0 Å². The summed E-state index contributed by atoms with van der Waals surface area (Å²) in [6, 6.07) is 8.14. The van der Waals surface area contributed by atoms with Crippen LogP contribution in [0.2, 0.25) is 0 Å².